The number of fused-ring (bicyclic) bond motifs is 1. The van der Waals surface area contributed by atoms with Crippen molar-refractivity contribution < 1.29 is 9.11 Å². The Bertz CT molecular complexity index is 649. The monoisotopic (exact) mass is 409 g/mol. The molecule has 6 heteroatoms. The summed E-state index contributed by atoms with van der Waals surface area (Å²) in [6.45, 7) is 17.5. The summed E-state index contributed by atoms with van der Waals surface area (Å²) >= 11 is 0. The van der Waals surface area contributed by atoms with Crippen molar-refractivity contribution in [3.8, 4) is 0 Å². The van der Waals surface area contributed by atoms with E-state index in [1.165, 1.54) is 16.8 Å². The van der Waals surface area contributed by atoms with Gasteiger partial charge in [0.1, 0.15) is 0 Å². The minimum Gasteiger partial charge on any atom is -0.347 e. The summed E-state index contributed by atoms with van der Waals surface area (Å²) in [5.74, 6) is 0. The first-order valence-electron chi connectivity index (χ1n) is 10.1. The third-order valence-electron chi connectivity index (χ3n) is 4.53. The highest BCUT2D eigenvalue weighted by atomic mass is 32.3. The molecule has 0 radical (unpaired) electrons. The van der Waals surface area contributed by atoms with E-state index < -0.39 is 10.8 Å². The first-order valence-corrected chi connectivity index (χ1v) is 11.6. The van der Waals surface area contributed by atoms with Crippen molar-refractivity contribution in [2.24, 2.45) is 0 Å². The van der Waals surface area contributed by atoms with Crippen LogP contribution < -0.4 is 4.90 Å². The summed E-state index contributed by atoms with van der Waals surface area (Å²) in [4.78, 5) is 5.11. The third kappa shape index (κ3) is 6.36. The van der Waals surface area contributed by atoms with Gasteiger partial charge in [0, 0.05) is 44.6 Å². The van der Waals surface area contributed by atoms with Gasteiger partial charge in [-0.05, 0) is 58.0 Å². The predicted octanol–water partition coefficient (Wildman–Crippen LogP) is 5.46. The predicted molar refractivity (Wildman–Crippen MR) is 124 cm³/mol. The minimum atomic E-state index is -2.87. The van der Waals surface area contributed by atoms with E-state index >= 15 is 0 Å². The molecule has 2 N–H and O–H groups in total. The van der Waals surface area contributed by atoms with Crippen LogP contribution in [0.15, 0.2) is 47.5 Å². The quantitative estimate of drug-likeness (QED) is 0.649. The second kappa shape index (κ2) is 11.6. The summed E-state index contributed by atoms with van der Waals surface area (Å²) in [5.41, 5.74) is 3.65. The highest BCUT2D eigenvalue weighted by Crippen LogP contribution is 2.52. The van der Waals surface area contributed by atoms with Crippen LogP contribution in [-0.4, -0.2) is 58.1 Å². The molecule has 28 heavy (non-hydrogen) atoms. The molecule has 0 bridgehead atoms. The lowest BCUT2D eigenvalue weighted by Gasteiger charge is -2.46. The molecule has 0 amide bonds. The Hall–Kier alpha value is -1.31. The van der Waals surface area contributed by atoms with Crippen molar-refractivity contribution >= 4 is 16.5 Å². The molecule has 0 aliphatic carbocycles. The van der Waals surface area contributed by atoms with Gasteiger partial charge in [0.15, 0.2) is 0 Å². The van der Waals surface area contributed by atoms with Crippen LogP contribution >= 0.6 is 10.8 Å². The molecule has 3 rings (SSSR count). The van der Waals surface area contributed by atoms with E-state index in [2.05, 4.69) is 43.5 Å². The Labute approximate surface area is 173 Å². The van der Waals surface area contributed by atoms with Crippen LogP contribution in [0.4, 0.5) is 5.69 Å². The highest BCUT2D eigenvalue weighted by Gasteiger charge is 2.29. The van der Waals surface area contributed by atoms with Crippen LogP contribution in [0.5, 0.6) is 0 Å². The molecule has 2 aliphatic heterocycles. The summed E-state index contributed by atoms with van der Waals surface area (Å²) in [6, 6.07) is 5.90. The normalized spacial score (nSPS) is 17.5. The molecule has 0 atom stereocenters. The number of hydrogen-bond acceptors (Lipinski definition) is 5. The molecule has 0 spiro atoms. The average Bonchev–Trinajstić information content (AvgIpc) is 3.06. The molecule has 1 fully saturated rings. The van der Waals surface area contributed by atoms with Gasteiger partial charge in [-0.15, -0.1) is 17.4 Å². The van der Waals surface area contributed by atoms with Crippen LogP contribution in [0.25, 0.3) is 0 Å². The fraction of sp³-hybridized carbons (Fsp3) is 0.545. The summed E-state index contributed by atoms with van der Waals surface area (Å²) in [6.07, 6.45) is 4.86. The first-order chi connectivity index (χ1) is 13.3. The Morgan fingerprint density at radius 3 is 2.18 bits per heavy atom. The van der Waals surface area contributed by atoms with E-state index in [0.717, 1.165) is 26.1 Å². The first kappa shape index (κ1) is 24.7. The highest BCUT2D eigenvalue weighted by molar-refractivity contribution is 8.22. The molecular weight excluding hydrogens is 370 g/mol. The zero-order valence-electron chi connectivity index (χ0n) is 18.5. The van der Waals surface area contributed by atoms with Crippen molar-refractivity contribution in [3.05, 3.63) is 48.2 Å². The van der Waals surface area contributed by atoms with Crippen LogP contribution in [0.3, 0.4) is 0 Å². The second-order valence-corrected chi connectivity index (χ2v) is 9.13. The second-order valence-electron chi connectivity index (χ2n) is 7.10. The molecule has 2 aliphatic rings. The van der Waals surface area contributed by atoms with E-state index in [0.29, 0.717) is 18.0 Å². The van der Waals surface area contributed by atoms with Crippen molar-refractivity contribution in [3.63, 3.8) is 0 Å². The Morgan fingerprint density at radius 1 is 1.07 bits per heavy atom. The van der Waals surface area contributed by atoms with E-state index in [9.17, 15) is 9.11 Å². The van der Waals surface area contributed by atoms with Gasteiger partial charge in [-0.1, -0.05) is 25.5 Å². The number of piperazine rings is 1. The fourth-order valence-corrected chi connectivity index (χ4v) is 4.73. The van der Waals surface area contributed by atoms with Crippen LogP contribution in [-0.2, 0) is 6.42 Å². The van der Waals surface area contributed by atoms with Crippen molar-refractivity contribution in [2.75, 3.05) is 44.7 Å². The Balaban J connectivity index is 0.000000717. The number of nitrogens with zero attached hydrogens (tertiary/aromatic N) is 3. The van der Waals surface area contributed by atoms with Crippen LogP contribution in [0, 0.1) is 0 Å². The maximum atomic E-state index is 10.8. The van der Waals surface area contributed by atoms with Crippen LogP contribution in [0.1, 0.15) is 40.2 Å². The molecule has 0 unspecified atom stereocenters. The fourth-order valence-electron chi connectivity index (χ4n) is 3.21. The Morgan fingerprint density at radius 2 is 1.64 bits per heavy atom. The smallest absolute Gasteiger partial charge is 0.0756 e. The SMILES string of the molecule is C=CC.CC.CC(C)=CN1CCc2cc(S(O)(O)N3CCN(C)CC3)ccc21. The molecule has 0 saturated carbocycles. The van der Waals surface area contributed by atoms with Gasteiger partial charge in [-0.3, -0.25) is 9.11 Å². The minimum absolute atomic E-state index is 0.653. The topological polar surface area (TPSA) is 50.2 Å². The molecule has 1 aromatic rings. The summed E-state index contributed by atoms with van der Waals surface area (Å²) in [5, 5.41) is 0. The van der Waals surface area contributed by atoms with Crippen molar-refractivity contribution in [1.29, 1.82) is 0 Å². The van der Waals surface area contributed by atoms with Gasteiger partial charge < -0.3 is 9.80 Å². The van der Waals surface area contributed by atoms with Gasteiger partial charge in [-0.2, -0.15) is 4.31 Å². The average molecular weight is 410 g/mol. The maximum Gasteiger partial charge on any atom is 0.0756 e. The van der Waals surface area contributed by atoms with E-state index in [4.69, 9.17) is 0 Å². The van der Waals surface area contributed by atoms with Crippen molar-refractivity contribution in [2.45, 2.75) is 45.9 Å². The van der Waals surface area contributed by atoms with Crippen molar-refractivity contribution in [1.82, 2.24) is 9.21 Å². The van der Waals surface area contributed by atoms with Gasteiger partial charge in [0.05, 0.1) is 4.90 Å². The zero-order chi connectivity index (χ0) is 21.3. The number of likely N-dealkylation sites (N-methyl/N-ethyl adjacent to an activating group) is 1. The Kier molecular flexibility index (Phi) is 10.3. The molecule has 0 aromatic heterocycles. The molecule has 2 heterocycles. The summed E-state index contributed by atoms with van der Waals surface area (Å²) in [7, 11) is -0.809. The lowest BCUT2D eigenvalue weighted by atomic mass is 10.2. The number of rotatable bonds is 3. The maximum absolute atomic E-state index is 10.8. The molecule has 1 saturated heterocycles. The number of hydrogen-bond donors (Lipinski definition) is 2. The third-order valence-corrected chi connectivity index (χ3v) is 6.51. The molecule has 160 valence electrons. The summed E-state index contributed by atoms with van der Waals surface area (Å²) < 4.78 is 23.4. The number of anilines is 1. The van der Waals surface area contributed by atoms with Gasteiger partial charge in [-0.25, -0.2) is 0 Å². The van der Waals surface area contributed by atoms with Gasteiger partial charge in [0.25, 0.3) is 0 Å². The standard InChI is InChI=1S/C17H27N3O2S.C3H6.C2H6/c1-14(2)13-19-7-6-15-12-16(4-5-17(15)19)23(21,22)20-10-8-18(3)9-11-20;1-3-2;1-2/h4-5,12-13,21-22H,6-11H2,1-3H3;3H,1H2,2H3;1-2H3. The van der Waals surface area contributed by atoms with E-state index in [-0.39, 0.29) is 0 Å². The van der Waals surface area contributed by atoms with E-state index in [1.807, 2.05) is 43.3 Å². The van der Waals surface area contributed by atoms with Crippen LogP contribution in [0.2, 0.25) is 0 Å². The number of benzene rings is 1. The largest absolute Gasteiger partial charge is 0.347 e. The zero-order valence-corrected chi connectivity index (χ0v) is 19.3. The molecule has 5 nitrogen and oxygen atoms in total. The lowest BCUT2D eigenvalue weighted by molar-refractivity contribution is 0.208. The number of allylic oxidation sites excluding steroid dienone is 2. The lowest BCUT2D eigenvalue weighted by Crippen LogP contribution is -2.45. The van der Waals surface area contributed by atoms with Gasteiger partial charge in [0.2, 0.25) is 0 Å². The van der Waals surface area contributed by atoms with E-state index in [1.54, 1.807) is 6.08 Å². The van der Waals surface area contributed by atoms with Gasteiger partial charge >= 0.3 is 0 Å². The molecule has 1 aromatic carbocycles. The molecular formula is C22H39N3O2S.